The van der Waals surface area contributed by atoms with Crippen molar-refractivity contribution in [2.75, 3.05) is 13.1 Å². The third kappa shape index (κ3) is 4.29. The Hall–Kier alpha value is -2.41. The highest BCUT2D eigenvalue weighted by Gasteiger charge is 2.39. The first-order chi connectivity index (χ1) is 14.0. The fourth-order valence-corrected chi connectivity index (χ4v) is 4.94. The van der Waals surface area contributed by atoms with Crippen LogP contribution in [-0.4, -0.2) is 57.8 Å². The number of likely N-dealkylation sites (tertiary alicyclic amines) is 1. The van der Waals surface area contributed by atoms with Crippen LogP contribution < -0.4 is 5.32 Å². The molecule has 3 amide bonds. The number of imide groups is 1. The van der Waals surface area contributed by atoms with Gasteiger partial charge in [0.2, 0.25) is 11.8 Å². The summed E-state index contributed by atoms with van der Waals surface area (Å²) in [5, 5.41) is 11.7. The summed E-state index contributed by atoms with van der Waals surface area (Å²) in [6.45, 7) is 3.07. The van der Waals surface area contributed by atoms with Crippen LogP contribution in [0.1, 0.15) is 67.3 Å². The third-order valence-electron chi connectivity index (χ3n) is 6.49. The van der Waals surface area contributed by atoms with E-state index in [1.165, 1.54) is 68.6 Å². The summed E-state index contributed by atoms with van der Waals surface area (Å²) in [4.78, 5) is 39.3. The number of nitrogens with zero attached hydrogens (tertiary/aromatic N) is 2. The van der Waals surface area contributed by atoms with E-state index in [9.17, 15) is 19.5 Å². The van der Waals surface area contributed by atoms with Crippen LogP contribution in [0.4, 0.5) is 0 Å². The van der Waals surface area contributed by atoms with Gasteiger partial charge in [-0.1, -0.05) is 12.8 Å². The topological polar surface area (TPSA) is 90.0 Å². The normalized spacial score (nSPS) is 25.0. The van der Waals surface area contributed by atoms with Crippen LogP contribution in [0.15, 0.2) is 18.2 Å². The molecule has 2 saturated heterocycles. The molecule has 0 aromatic heterocycles. The number of hydrogen-bond acceptors (Lipinski definition) is 5. The lowest BCUT2D eigenvalue weighted by atomic mass is 10.0. The van der Waals surface area contributed by atoms with Gasteiger partial charge in [-0.3, -0.25) is 19.7 Å². The molecule has 29 heavy (non-hydrogen) atoms. The van der Waals surface area contributed by atoms with E-state index in [0.717, 1.165) is 6.04 Å². The first-order valence-electron chi connectivity index (χ1n) is 10.7. The molecular formula is C22H29N3O4. The molecule has 1 atom stereocenters. The molecule has 1 unspecified atom stereocenters. The number of hydrogen-bond donors (Lipinski definition) is 2. The molecule has 1 saturated carbocycles. The Kier molecular flexibility index (Phi) is 5.85. The average Bonchev–Trinajstić information content (AvgIpc) is 3.43. The monoisotopic (exact) mass is 399 g/mol. The number of nitrogens with one attached hydrogen (secondary N) is 1. The van der Waals surface area contributed by atoms with Gasteiger partial charge in [0.25, 0.3) is 5.91 Å². The van der Waals surface area contributed by atoms with Crippen LogP contribution in [-0.2, 0) is 16.1 Å². The van der Waals surface area contributed by atoms with Crippen molar-refractivity contribution in [2.24, 2.45) is 0 Å². The van der Waals surface area contributed by atoms with E-state index < -0.39 is 11.9 Å². The molecule has 156 valence electrons. The summed E-state index contributed by atoms with van der Waals surface area (Å²) in [5.41, 5.74) is 1.21. The highest BCUT2D eigenvalue weighted by Crippen LogP contribution is 2.29. The van der Waals surface area contributed by atoms with Crippen LogP contribution in [0.2, 0.25) is 0 Å². The molecule has 0 radical (unpaired) electrons. The van der Waals surface area contributed by atoms with Crippen molar-refractivity contribution in [1.82, 2.24) is 15.1 Å². The zero-order chi connectivity index (χ0) is 20.4. The predicted octanol–water partition coefficient (Wildman–Crippen LogP) is 2.18. The van der Waals surface area contributed by atoms with Crippen molar-refractivity contribution in [3.8, 4) is 5.75 Å². The van der Waals surface area contributed by atoms with E-state index in [4.69, 9.17) is 0 Å². The van der Waals surface area contributed by atoms with Crippen molar-refractivity contribution < 1.29 is 19.5 Å². The summed E-state index contributed by atoms with van der Waals surface area (Å²) in [5.74, 6) is -0.870. The number of piperidine rings is 1. The van der Waals surface area contributed by atoms with Gasteiger partial charge in [-0.25, -0.2) is 0 Å². The maximum absolute atomic E-state index is 12.2. The minimum absolute atomic E-state index is 0.0941. The Labute approximate surface area is 171 Å². The van der Waals surface area contributed by atoms with Gasteiger partial charge < -0.3 is 14.9 Å². The molecule has 0 bridgehead atoms. The summed E-state index contributed by atoms with van der Waals surface area (Å²) >= 11 is 0. The SMILES string of the molecule is C1CCC(N2CCCC2)C1.O=C1CCC(N2Cc3cc(O)ccc3C2=O)C(=O)N1. The number of phenols is 1. The highest BCUT2D eigenvalue weighted by atomic mass is 16.3. The number of fused-ring (bicyclic) bond motifs is 1. The molecule has 7 nitrogen and oxygen atoms in total. The molecule has 2 N–H and O–H groups in total. The summed E-state index contributed by atoms with van der Waals surface area (Å²) in [6, 6.07) is 4.91. The van der Waals surface area contributed by atoms with Crippen molar-refractivity contribution in [3.05, 3.63) is 29.3 Å². The average molecular weight is 399 g/mol. The van der Waals surface area contributed by atoms with Crippen LogP contribution in [0, 0.1) is 0 Å². The van der Waals surface area contributed by atoms with E-state index in [1.807, 2.05) is 0 Å². The number of benzene rings is 1. The highest BCUT2D eigenvalue weighted by molar-refractivity contribution is 6.05. The lowest BCUT2D eigenvalue weighted by Gasteiger charge is -2.29. The number of aromatic hydroxyl groups is 1. The van der Waals surface area contributed by atoms with Gasteiger partial charge in [0.1, 0.15) is 11.8 Å². The first-order valence-corrected chi connectivity index (χ1v) is 10.7. The minimum atomic E-state index is -0.611. The summed E-state index contributed by atoms with van der Waals surface area (Å²) < 4.78 is 0. The van der Waals surface area contributed by atoms with E-state index in [2.05, 4.69) is 10.2 Å². The van der Waals surface area contributed by atoms with Crippen molar-refractivity contribution >= 4 is 17.7 Å². The maximum atomic E-state index is 12.2. The van der Waals surface area contributed by atoms with Gasteiger partial charge in [-0.2, -0.15) is 0 Å². The van der Waals surface area contributed by atoms with E-state index in [0.29, 0.717) is 17.5 Å². The molecule has 7 heteroatoms. The zero-order valence-corrected chi connectivity index (χ0v) is 16.7. The standard InChI is InChI=1S/C13H12N2O4.C9H17N/c16-8-1-2-9-7(5-8)6-15(13(9)19)10-3-4-11(17)14-12(10)18;1-2-6-9(5-1)10-7-3-4-8-10/h1-2,5,10,16H,3-4,6H2,(H,14,17,18);9H,1-8H2. The molecule has 5 rings (SSSR count). The molecular weight excluding hydrogens is 370 g/mol. The number of carbonyl (C=O) groups is 3. The number of phenolic OH excluding ortho intramolecular Hbond substituents is 1. The fourth-order valence-electron chi connectivity index (χ4n) is 4.94. The van der Waals surface area contributed by atoms with Crippen LogP contribution in [0.3, 0.4) is 0 Å². The molecule has 3 heterocycles. The molecule has 1 aromatic carbocycles. The molecule has 4 aliphatic rings. The largest absolute Gasteiger partial charge is 0.508 e. The van der Waals surface area contributed by atoms with Gasteiger partial charge in [0.15, 0.2) is 0 Å². The van der Waals surface area contributed by atoms with Crippen molar-refractivity contribution in [2.45, 2.75) is 70.0 Å². The first kappa shape index (κ1) is 19.9. The number of amides is 3. The smallest absolute Gasteiger partial charge is 0.255 e. The van der Waals surface area contributed by atoms with Crippen molar-refractivity contribution in [3.63, 3.8) is 0 Å². The van der Waals surface area contributed by atoms with Gasteiger partial charge >= 0.3 is 0 Å². The Morgan fingerprint density at radius 2 is 1.69 bits per heavy atom. The molecule has 1 aliphatic carbocycles. The second kappa shape index (κ2) is 8.53. The lowest BCUT2D eigenvalue weighted by molar-refractivity contribution is -0.136. The van der Waals surface area contributed by atoms with Gasteiger partial charge in [0, 0.05) is 24.6 Å². The van der Waals surface area contributed by atoms with E-state index in [-0.39, 0.29) is 30.5 Å². The van der Waals surface area contributed by atoms with Gasteiger partial charge in [-0.05, 0) is 69.0 Å². The summed E-state index contributed by atoms with van der Waals surface area (Å²) in [6.07, 6.45) is 9.44. The minimum Gasteiger partial charge on any atom is -0.508 e. The van der Waals surface area contributed by atoms with Gasteiger partial charge in [-0.15, -0.1) is 0 Å². The summed E-state index contributed by atoms with van der Waals surface area (Å²) in [7, 11) is 0. The maximum Gasteiger partial charge on any atom is 0.255 e. The molecule has 3 aliphatic heterocycles. The third-order valence-corrected chi connectivity index (χ3v) is 6.49. The zero-order valence-electron chi connectivity index (χ0n) is 16.7. The Morgan fingerprint density at radius 1 is 0.966 bits per heavy atom. The Morgan fingerprint density at radius 3 is 2.38 bits per heavy atom. The lowest BCUT2D eigenvalue weighted by Crippen LogP contribution is -2.52. The number of carbonyl (C=O) groups excluding carboxylic acids is 3. The molecule has 1 aromatic rings. The quantitative estimate of drug-likeness (QED) is 0.744. The van der Waals surface area contributed by atoms with Crippen LogP contribution >= 0.6 is 0 Å². The predicted molar refractivity (Wildman–Crippen MR) is 107 cm³/mol. The van der Waals surface area contributed by atoms with Crippen LogP contribution in [0.5, 0.6) is 5.75 Å². The second-order valence-corrected chi connectivity index (χ2v) is 8.42. The number of rotatable bonds is 2. The molecule has 3 fully saturated rings. The van der Waals surface area contributed by atoms with E-state index >= 15 is 0 Å². The Bertz CT molecular complexity index is 783. The van der Waals surface area contributed by atoms with E-state index in [1.54, 1.807) is 6.07 Å². The van der Waals surface area contributed by atoms with Crippen molar-refractivity contribution in [1.29, 1.82) is 0 Å². The van der Waals surface area contributed by atoms with Crippen LogP contribution in [0.25, 0.3) is 0 Å². The Balaban J connectivity index is 0.000000171. The fraction of sp³-hybridized carbons (Fsp3) is 0.591. The van der Waals surface area contributed by atoms with Gasteiger partial charge in [0.05, 0.1) is 0 Å². The second-order valence-electron chi connectivity index (χ2n) is 8.42. The molecule has 0 spiro atoms.